The number of aryl methyl sites for hydroxylation is 1. The Kier molecular flexibility index (Phi) is 5.66. The number of hydrogen-bond donors (Lipinski definition) is 2. The number of aliphatic hydroxyl groups is 2. The van der Waals surface area contributed by atoms with Crippen LogP contribution in [-0.4, -0.2) is 61.6 Å². The molecule has 0 atom stereocenters. The highest BCUT2D eigenvalue weighted by molar-refractivity contribution is 5.69. The number of aliphatic hydroxyl groups excluding tert-OH is 2. The van der Waals surface area contributed by atoms with E-state index in [1.807, 2.05) is 0 Å². The summed E-state index contributed by atoms with van der Waals surface area (Å²) in [5.41, 5.74) is -0.415. The van der Waals surface area contributed by atoms with Crippen LogP contribution in [0.2, 0.25) is 0 Å². The van der Waals surface area contributed by atoms with E-state index in [-0.39, 0.29) is 44.1 Å². The van der Waals surface area contributed by atoms with Gasteiger partial charge in [0.05, 0.1) is 39.3 Å². The van der Waals surface area contributed by atoms with E-state index in [0.717, 1.165) is 4.57 Å². The van der Waals surface area contributed by atoms with Crippen molar-refractivity contribution in [2.45, 2.75) is 12.8 Å². The van der Waals surface area contributed by atoms with Gasteiger partial charge < -0.3 is 24.3 Å². The van der Waals surface area contributed by atoms with Crippen molar-refractivity contribution in [3.05, 3.63) is 27.2 Å². The highest BCUT2D eigenvalue weighted by Gasteiger charge is 2.17. The normalized spacial score (nSPS) is 11.7. The molecule has 128 valence electrons. The summed E-state index contributed by atoms with van der Waals surface area (Å²) in [6.07, 6.45) is 0.650. The zero-order chi connectivity index (χ0) is 17.0. The standard InChI is InChI=1S/C13H20N4O6/c1-15-11-10(12(20)16(2)13(15)21)17(8-14-11)7-9(22-5-3-18)23-6-4-19/h8-9,18-19H,3-7H2,1-2H3. The summed E-state index contributed by atoms with van der Waals surface area (Å²) in [4.78, 5) is 28.3. The molecule has 0 aliphatic rings. The van der Waals surface area contributed by atoms with Crippen molar-refractivity contribution in [3.8, 4) is 0 Å². The molecular formula is C13H20N4O6. The molecule has 0 saturated heterocycles. The minimum atomic E-state index is -0.770. The van der Waals surface area contributed by atoms with E-state index >= 15 is 0 Å². The maximum absolute atomic E-state index is 12.3. The van der Waals surface area contributed by atoms with Gasteiger partial charge >= 0.3 is 5.69 Å². The van der Waals surface area contributed by atoms with E-state index in [2.05, 4.69) is 4.98 Å². The molecule has 2 N–H and O–H groups in total. The van der Waals surface area contributed by atoms with Crippen LogP contribution in [0.25, 0.3) is 11.2 Å². The second kappa shape index (κ2) is 7.51. The first-order valence-electron chi connectivity index (χ1n) is 7.07. The Bertz CT molecular complexity index is 769. The van der Waals surface area contributed by atoms with Gasteiger partial charge in [-0.05, 0) is 0 Å². The minimum absolute atomic E-state index is 0.0548. The average Bonchev–Trinajstić information content (AvgIpc) is 2.97. The van der Waals surface area contributed by atoms with E-state index in [4.69, 9.17) is 19.7 Å². The van der Waals surface area contributed by atoms with Gasteiger partial charge in [-0.3, -0.25) is 13.9 Å². The lowest BCUT2D eigenvalue weighted by Crippen LogP contribution is -2.38. The van der Waals surface area contributed by atoms with Crippen molar-refractivity contribution in [1.29, 1.82) is 0 Å². The molecule has 23 heavy (non-hydrogen) atoms. The SMILES string of the molecule is Cn1c(=O)c2c(ncn2CC(OCCO)OCCO)n(C)c1=O. The number of hydrogen-bond acceptors (Lipinski definition) is 7. The van der Waals surface area contributed by atoms with Gasteiger partial charge in [-0.25, -0.2) is 9.78 Å². The van der Waals surface area contributed by atoms with Crippen LogP contribution in [0.1, 0.15) is 0 Å². The predicted octanol–water partition coefficient (Wildman–Crippen LogP) is -2.22. The number of aromatic nitrogens is 4. The average molecular weight is 328 g/mol. The summed E-state index contributed by atoms with van der Waals surface area (Å²) < 4.78 is 14.5. The van der Waals surface area contributed by atoms with Crippen molar-refractivity contribution in [1.82, 2.24) is 18.7 Å². The van der Waals surface area contributed by atoms with E-state index < -0.39 is 17.5 Å². The molecule has 0 aliphatic carbocycles. The van der Waals surface area contributed by atoms with Crippen molar-refractivity contribution in [2.75, 3.05) is 26.4 Å². The van der Waals surface area contributed by atoms with Crippen LogP contribution in [0.5, 0.6) is 0 Å². The lowest BCUT2D eigenvalue weighted by molar-refractivity contribution is -0.158. The smallest absolute Gasteiger partial charge is 0.332 e. The fourth-order valence-corrected chi connectivity index (χ4v) is 2.22. The monoisotopic (exact) mass is 328 g/mol. The predicted molar refractivity (Wildman–Crippen MR) is 80.1 cm³/mol. The molecule has 2 aromatic rings. The highest BCUT2D eigenvalue weighted by atomic mass is 16.7. The largest absolute Gasteiger partial charge is 0.394 e. The van der Waals surface area contributed by atoms with Crippen molar-refractivity contribution >= 4 is 11.2 Å². The fraction of sp³-hybridized carbons (Fsp3) is 0.615. The second-order valence-electron chi connectivity index (χ2n) is 4.89. The number of ether oxygens (including phenoxy) is 2. The van der Waals surface area contributed by atoms with Gasteiger partial charge in [0.25, 0.3) is 5.56 Å². The molecule has 2 aromatic heterocycles. The molecule has 0 fully saturated rings. The summed E-state index contributed by atoms with van der Waals surface area (Å²) in [5, 5.41) is 17.7. The van der Waals surface area contributed by atoms with Gasteiger partial charge in [0.15, 0.2) is 17.5 Å². The number of fused-ring (bicyclic) bond motifs is 1. The first-order valence-corrected chi connectivity index (χ1v) is 7.07. The Hall–Kier alpha value is -2.01. The fourth-order valence-electron chi connectivity index (χ4n) is 2.22. The van der Waals surface area contributed by atoms with Gasteiger partial charge in [-0.1, -0.05) is 0 Å². The molecule has 10 nitrogen and oxygen atoms in total. The lowest BCUT2D eigenvalue weighted by Gasteiger charge is -2.18. The maximum Gasteiger partial charge on any atom is 0.332 e. The number of rotatable bonds is 8. The van der Waals surface area contributed by atoms with Crippen molar-refractivity contribution < 1.29 is 19.7 Å². The summed E-state index contributed by atoms with van der Waals surface area (Å²) in [7, 11) is 2.92. The summed E-state index contributed by atoms with van der Waals surface area (Å²) in [5.74, 6) is 0. The minimum Gasteiger partial charge on any atom is -0.394 e. The Morgan fingerprint density at radius 1 is 1.13 bits per heavy atom. The first-order chi connectivity index (χ1) is 11.0. The summed E-state index contributed by atoms with van der Waals surface area (Å²) in [6, 6.07) is 0. The molecule has 0 bridgehead atoms. The second-order valence-corrected chi connectivity index (χ2v) is 4.89. The Labute approximate surface area is 131 Å². The van der Waals surface area contributed by atoms with Gasteiger partial charge in [0.2, 0.25) is 0 Å². The third-order valence-corrected chi connectivity index (χ3v) is 3.35. The topological polar surface area (TPSA) is 121 Å². The summed E-state index contributed by atoms with van der Waals surface area (Å²) in [6.45, 7) is -0.123. The van der Waals surface area contributed by atoms with E-state index in [0.29, 0.717) is 0 Å². The van der Waals surface area contributed by atoms with Gasteiger partial charge in [0, 0.05) is 14.1 Å². The lowest BCUT2D eigenvalue weighted by atomic mass is 10.4. The van der Waals surface area contributed by atoms with Crippen LogP contribution in [0.15, 0.2) is 15.9 Å². The third-order valence-electron chi connectivity index (χ3n) is 3.35. The van der Waals surface area contributed by atoms with E-state index in [1.165, 1.54) is 29.6 Å². The molecule has 0 aliphatic heterocycles. The van der Waals surface area contributed by atoms with E-state index in [9.17, 15) is 9.59 Å². The highest BCUT2D eigenvalue weighted by Crippen LogP contribution is 2.08. The van der Waals surface area contributed by atoms with Crippen LogP contribution in [-0.2, 0) is 30.1 Å². The third kappa shape index (κ3) is 3.50. The molecule has 0 unspecified atom stereocenters. The molecule has 2 heterocycles. The van der Waals surface area contributed by atoms with Crippen LogP contribution in [0.4, 0.5) is 0 Å². The molecule has 0 saturated carbocycles. The molecule has 0 radical (unpaired) electrons. The van der Waals surface area contributed by atoms with Gasteiger partial charge in [-0.15, -0.1) is 0 Å². The first kappa shape index (κ1) is 17.3. The van der Waals surface area contributed by atoms with Gasteiger partial charge in [-0.2, -0.15) is 0 Å². The molecule has 2 rings (SSSR count). The van der Waals surface area contributed by atoms with E-state index in [1.54, 1.807) is 0 Å². The molecule has 10 heteroatoms. The quantitative estimate of drug-likeness (QED) is 0.526. The van der Waals surface area contributed by atoms with Crippen LogP contribution >= 0.6 is 0 Å². The molecule has 0 spiro atoms. The molecule has 0 amide bonds. The van der Waals surface area contributed by atoms with Crippen LogP contribution in [0, 0.1) is 0 Å². The number of nitrogens with zero attached hydrogens (tertiary/aromatic N) is 4. The number of imidazole rings is 1. The maximum atomic E-state index is 12.3. The van der Waals surface area contributed by atoms with Gasteiger partial charge in [0.1, 0.15) is 0 Å². The zero-order valence-electron chi connectivity index (χ0n) is 13.0. The van der Waals surface area contributed by atoms with Crippen molar-refractivity contribution in [2.24, 2.45) is 14.1 Å². The van der Waals surface area contributed by atoms with Crippen molar-refractivity contribution in [3.63, 3.8) is 0 Å². The Morgan fingerprint density at radius 3 is 2.30 bits per heavy atom. The van der Waals surface area contributed by atoms with Crippen LogP contribution in [0.3, 0.4) is 0 Å². The Morgan fingerprint density at radius 2 is 1.74 bits per heavy atom. The van der Waals surface area contributed by atoms with Crippen LogP contribution < -0.4 is 11.2 Å². The molecular weight excluding hydrogens is 308 g/mol. The Balaban J connectivity index is 2.39. The molecule has 0 aromatic carbocycles. The zero-order valence-corrected chi connectivity index (χ0v) is 13.0. The summed E-state index contributed by atoms with van der Waals surface area (Å²) >= 11 is 0.